The standard InChI is InChI=1S/C23H22N2O4/c1-28-19-11-7-8-17(14-19)15-24-22(26)16-29-21-13-6-5-12-20(21)23(27)25-18-9-3-2-4-10-18/h2-14H,15-16H2,1H3,(H,24,26)(H,25,27). The molecule has 0 heterocycles. The van der Waals surface area contributed by atoms with Crippen LogP contribution in [-0.2, 0) is 11.3 Å². The van der Waals surface area contributed by atoms with Gasteiger partial charge in [0.1, 0.15) is 11.5 Å². The molecule has 3 rings (SSSR count). The number of carbonyl (C=O) groups excluding carboxylic acids is 2. The van der Waals surface area contributed by atoms with Crippen molar-refractivity contribution in [1.82, 2.24) is 5.32 Å². The van der Waals surface area contributed by atoms with Crippen LogP contribution in [0, 0.1) is 0 Å². The third-order valence-corrected chi connectivity index (χ3v) is 4.15. The Hall–Kier alpha value is -3.80. The van der Waals surface area contributed by atoms with Gasteiger partial charge in [-0.1, -0.05) is 42.5 Å². The molecule has 0 saturated carbocycles. The van der Waals surface area contributed by atoms with Crippen molar-refractivity contribution in [3.63, 3.8) is 0 Å². The zero-order valence-corrected chi connectivity index (χ0v) is 16.1. The molecular formula is C23H22N2O4. The first-order valence-corrected chi connectivity index (χ1v) is 9.13. The summed E-state index contributed by atoms with van der Waals surface area (Å²) in [6.45, 7) is 0.162. The predicted octanol–water partition coefficient (Wildman–Crippen LogP) is 3.64. The molecule has 0 aromatic heterocycles. The molecule has 0 spiro atoms. The minimum Gasteiger partial charge on any atom is -0.497 e. The molecule has 0 saturated heterocycles. The van der Waals surface area contributed by atoms with Gasteiger partial charge in [-0.3, -0.25) is 9.59 Å². The minimum atomic E-state index is -0.302. The number of nitrogens with one attached hydrogen (secondary N) is 2. The molecule has 0 fully saturated rings. The molecule has 6 nitrogen and oxygen atoms in total. The molecule has 0 atom stereocenters. The van der Waals surface area contributed by atoms with Crippen molar-refractivity contribution in [2.45, 2.75) is 6.54 Å². The van der Waals surface area contributed by atoms with Gasteiger partial charge in [-0.25, -0.2) is 0 Å². The maximum absolute atomic E-state index is 12.5. The zero-order valence-electron chi connectivity index (χ0n) is 16.1. The fourth-order valence-corrected chi connectivity index (χ4v) is 2.68. The van der Waals surface area contributed by atoms with Gasteiger partial charge in [-0.15, -0.1) is 0 Å². The summed E-state index contributed by atoms with van der Waals surface area (Å²) in [4.78, 5) is 24.7. The molecule has 6 heteroatoms. The Kier molecular flexibility index (Phi) is 6.84. The Morgan fingerprint density at radius 2 is 1.66 bits per heavy atom. The number of benzene rings is 3. The van der Waals surface area contributed by atoms with E-state index in [0.29, 0.717) is 23.5 Å². The number of rotatable bonds is 8. The molecule has 2 amide bonds. The SMILES string of the molecule is COc1cccc(CNC(=O)COc2ccccc2C(=O)Nc2ccccc2)c1. The molecule has 0 radical (unpaired) electrons. The molecule has 3 aromatic carbocycles. The highest BCUT2D eigenvalue weighted by Crippen LogP contribution is 2.20. The van der Waals surface area contributed by atoms with Gasteiger partial charge in [0.15, 0.2) is 6.61 Å². The zero-order chi connectivity index (χ0) is 20.5. The molecule has 0 aliphatic carbocycles. The van der Waals surface area contributed by atoms with E-state index in [1.165, 1.54) is 0 Å². The van der Waals surface area contributed by atoms with Gasteiger partial charge >= 0.3 is 0 Å². The first-order chi connectivity index (χ1) is 14.2. The van der Waals surface area contributed by atoms with Crippen molar-refractivity contribution >= 4 is 17.5 Å². The molecule has 0 bridgehead atoms. The van der Waals surface area contributed by atoms with Crippen LogP contribution in [-0.4, -0.2) is 25.5 Å². The van der Waals surface area contributed by atoms with E-state index >= 15 is 0 Å². The first kappa shape index (κ1) is 19.9. The Morgan fingerprint density at radius 3 is 2.45 bits per heavy atom. The highest BCUT2D eigenvalue weighted by molar-refractivity contribution is 6.06. The van der Waals surface area contributed by atoms with Gasteiger partial charge in [0, 0.05) is 12.2 Å². The molecule has 3 aromatic rings. The lowest BCUT2D eigenvalue weighted by atomic mass is 10.2. The maximum Gasteiger partial charge on any atom is 0.259 e. The summed E-state index contributed by atoms with van der Waals surface area (Å²) >= 11 is 0. The number of ether oxygens (including phenoxy) is 2. The van der Waals surface area contributed by atoms with Crippen molar-refractivity contribution in [2.75, 3.05) is 19.0 Å². The average molecular weight is 390 g/mol. The maximum atomic E-state index is 12.5. The van der Waals surface area contributed by atoms with E-state index < -0.39 is 0 Å². The number of anilines is 1. The van der Waals surface area contributed by atoms with E-state index in [9.17, 15) is 9.59 Å². The molecular weight excluding hydrogens is 368 g/mol. The average Bonchev–Trinajstić information content (AvgIpc) is 2.77. The lowest BCUT2D eigenvalue weighted by Gasteiger charge is -2.12. The summed E-state index contributed by atoms with van der Waals surface area (Å²) in [5.41, 5.74) is 1.96. The van der Waals surface area contributed by atoms with Crippen LogP contribution in [0.3, 0.4) is 0 Å². The topological polar surface area (TPSA) is 76.7 Å². The van der Waals surface area contributed by atoms with Crippen LogP contribution in [0.2, 0.25) is 0 Å². The van der Waals surface area contributed by atoms with E-state index in [1.807, 2.05) is 42.5 Å². The summed E-state index contributed by atoms with van der Waals surface area (Å²) in [5.74, 6) is 0.485. The van der Waals surface area contributed by atoms with Crippen LogP contribution >= 0.6 is 0 Å². The Labute approximate surface area is 169 Å². The van der Waals surface area contributed by atoms with Gasteiger partial charge in [0.05, 0.1) is 12.7 Å². The number of para-hydroxylation sites is 2. The second-order valence-corrected chi connectivity index (χ2v) is 6.23. The molecule has 0 aliphatic heterocycles. The largest absolute Gasteiger partial charge is 0.497 e. The summed E-state index contributed by atoms with van der Waals surface area (Å²) in [5, 5.41) is 5.60. The molecule has 0 aliphatic rings. The highest BCUT2D eigenvalue weighted by Gasteiger charge is 2.13. The highest BCUT2D eigenvalue weighted by atomic mass is 16.5. The van der Waals surface area contributed by atoms with E-state index in [0.717, 1.165) is 11.3 Å². The van der Waals surface area contributed by atoms with Crippen LogP contribution in [0.1, 0.15) is 15.9 Å². The van der Waals surface area contributed by atoms with E-state index in [2.05, 4.69) is 10.6 Å². The van der Waals surface area contributed by atoms with Crippen LogP contribution < -0.4 is 20.1 Å². The van der Waals surface area contributed by atoms with Crippen LogP contribution in [0.15, 0.2) is 78.9 Å². The van der Waals surface area contributed by atoms with Crippen molar-refractivity contribution in [3.05, 3.63) is 90.0 Å². The lowest BCUT2D eigenvalue weighted by Crippen LogP contribution is -2.28. The van der Waals surface area contributed by atoms with E-state index in [4.69, 9.17) is 9.47 Å². The fourth-order valence-electron chi connectivity index (χ4n) is 2.68. The van der Waals surface area contributed by atoms with E-state index in [-0.39, 0.29) is 18.4 Å². The molecule has 29 heavy (non-hydrogen) atoms. The first-order valence-electron chi connectivity index (χ1n) is 9.13. The second kappa shape index (κ2) is 9.94. The second-order valence-electron chi connectivity index (χ2n) is 6.23. The number of methoxy groups -OCH3 is 1. The van der Waals surface area contributed by atoms with Crippen molar-refractivity contribution in [1.29, 1.82) is 0 Å². The van der Waals surface area contributed by atoms with Gasteiger partial charge in [-0.05, 0) is 42.0 Å². The number of hydrogen-bond donors (Lipinski definition) is 2. The number of amides is 2. The lowest BCUT2D eigenvalue weighted by molar-refractivity contribution is -0.123. The van der Waals surface area contributed by atoms with Gasteiger partial charge < -0.3 is 20.1 Å². The fraction of sp³-hybridized carbons (Fsp3) is 0.130. The monoisotopic (exact) mass is 390 g/mol. The van der Waals surface area contributed by atoms with Gasteiger partial charge in [-0.2, -0.15) is 0 Å². The Bertz CT molecular complexity index is 973. The van der Waals surface area contributed by atoms with Gasteiger partial charge in [0.2, 0.25) is 0 Å². The molecule has 2 N–H and O–H groups in total. The third-order valence-electron chi connectivity index (χ3n) is 4.15. The number of hydrogen-bond acceptors (Lipinski definition) is 4. The third kappa shape index (κ3) is 5.84. The molecule has 148 valence electrons. The summed E-state index contributed by atoms with van der Waals surface area (Å²) in [6.07, 6.45) is 0. The summed E-state index contributed by atoms with van der Waals surface area (Å²) in [7, 11) is 1.59. The van der Waals surface area contributed by atoms with E-state index in [1.54, 1.807) is 43.5 Å². The minimum absolute atomic E-state index is 0.195. The van der Waals surface area contributed by atoms with Crippen molar-refractivity contribution in [2.24, 2.45) is 0 Å². The Morgan fingerprint density at radius 1 is 0.897 bits per heavy atom. The van der Waals surface area contributed by atoms with Crippen molar-refractivity contribution < 1.29 is 19.1 Å². The van der Waals surface area contributed by atoms with Crippen molar-refractivity contribution in [3.8, 4) is 11.5 Å². The normalized spacial score (nSPS) is 10.1. The van der Waals surface area contributed by atoms with Crippen LogP contribution in [0.25, 0.3) is 0 Å². The molecule has 0 unspecified atom stereocenters. The predicted molar refractivity (Wildman–Crippen MR) is 111 cm³/mol. The Balaban J connectivity index is 1.56. The summed E-state index contributed by atoms with van der Waals surface area (Å²) in [6, 6.07) is 23.4. The quantitative estimate of drug-likeness (QED) is 0.616. The van der Waals surface area contributed by atoms with Crippen LogP contribution in [0.5, 0.6) is 11.5 Å². The van der Waals surface area contributed by atoms with Gasteiger partial charge in [0.25, 0.3) is 11.8 Å². The number of carbonyl (C=O) groups is 2. The van der Waals surface area contributed by atoms with Crippen LogP contribution in [0.4, 0.5) is 5.69 Å². The summed E-state index contributed by atoms with van der Waals surface area (Å²) < 4.78 is 10.8. The smallest absolute Gasteiger partial charge is 0.259 e.